The van der Waals surface area contributed by atoms with Crippen LogP contribution in [0, 0.1) is 0 Å². The van der Waals surface area contributed by atoms with E-state index in [0.717, 1.165) is 6.29 Å². The van der Waals surface area contributed by atoms with Gasteiger partial charge in [-0.25, -0.2) is 0 Å². The molecular formula is C8H14N4O. The lowest BCUT2D eigenvalue weighted by atomic mass is 10.1. The lowest BCUT2D eigenvalue weighted by molar-refractivity contribution is -0.108. The van der Waals surface area contributed by atoms with Crippen LogP contribution in [0.2, 0.25) is 0 Å². The summed E-state index contributed by atoms with van der Waals surface area (Å²) in [5.74, 6) is 0.195. The summed E-state index contributed by atoms with van der Waals surface area (Å²) in [4.78, 5) is 12.0. The number of aromatic nitrogens is 4. The predicted molar refractivity (Wildman–Crippen MR) is 47.3 cm³/mol. The number of carbonyl (C=O) groups excluding carboxylic acids is 1. The Morgan fingerprint density at radius 2 is 2.08 bits per heavy atom. The van der Waals surface area contributed by atoms with Crippen molar-refractivity contribution < 1.29 is 4.79 Å². The van der Waals surface area contributed by atoms with Gasteiger partial charge in [-0.2, -0.15) is 4.80 Å². The molecule has 0 radical (unpaired) electrons. The monoisotopic (exact) mass is 182 g/mol. The first kappa shape index (κ1) is 9.83. The van der Waals surface area contributed by atoms with Gasteiger partial charge in [0.2, 0.25) is 0 Å². The predicted octanol–water partition coefficient (Wildman–Crippen LogP) is 0.730. The first-order valence-corrected chi connectivity index (χ1v) is 4.21. The van der Waals surface area contributed by atoms with Gasteiger partial charge >= 0.3 is 0 Å². The van der Waals surface area contributed by atoms with Gasteiger partial charge in [-0.15, -0.1) is 10.2 Å². The minimum atomic E-state index is -0.281. The molecule has 5 heteroatoms. The SMILES string of the molecule is CC(C=O)c1nnn(C(C)(C)C)n1. The van der Waals surface area contributed by atoms with E-state index < -0.39 is 0 Å². The van der Waals surface area contributed by atoms with Crippen molar-refractivity contribution in [1.82, 2.24) is 20.2 Å². The summed E-state index contributed by atoms with van der Waals surface area (Å²) in [7, 11) is 0. The van der Waals surface area contributed by atoms with E-state index in [1.54, 1.807) is 6.92 Å². The smallest absolute Gasteiger partial charge is 0.184 e. The highest BCUT2D eigenvalue weighted by Crippen LogP contribution is 2.11. The molecule has 0 N–H and O–H groups in total. The molecule has 5 nitrogen and oxygen atoms in total. The molecule has 0 spiro atoms. The Kier molecular flexibility index (Phi) is 2.45. The molecule has 0 aromatic carbocycles. The number of nitrogens with zero attached hydrogens (tertiary/aromatic N) is 4. The van der Waals surface area contributed by atoms with Crippen molar-refractivity contribution in [1.29, 1.82) is 0 Å². The van der Waals surface area contributed by atoms with Crippen molar-refractivity contribution in [2.75, 3.05) is 0 Å². The molecular weight excluding hydrogens is 168 g/mol. The second-order valence-corrected chi connectivity index (χ2v) is 4.03. The highest BCUT2D eigenvalue weighted by molar-refractivity contribution is 5.58. The van der Waals surface area contributed by atoms with Crippen LogP contribution >= 0.6 is 0 Å². The second kappa shape index (κ2) is 3.24. The lowest BCUT2D eigenvalue weighted by Gasteiger charge is -2.15. The molecule has 0 fully saturated rings. The van der Waals surface area contributed by atoms with E-state index in [2.05, 4.69) is 15.4 Å². The van der Waals surface area contributed by atoms with Crippen LogP contribution in [0.25, 0.3) is 0 Å². The summed E-state index contributed by atoms with van der Waals surface area (Å²) in [5, 5.41) is 11.8. The van der Waals surface area contributed by atoms with Crippen molar-refractivity contribution in [2.24, 2.45) is 0 Å². The van der Waals surface area contributed by atoms with Gasteiger partial charge in [0.25, 0.3) is 0 Å². The van der Waals surface area contributed by atoms with Crippen molar-refractivity contribution in [2.45, 2.75) is 39.2 Å². The fraction of sp³-hybridized carbons (Fsp3) is 0.750. The van der Waals surface area contributed by atoms with E-state index in [-0.39, 0.29) is 11.5 Å². The molecule has 1 unspecified atom stereocenters. The first-order chi connectivity index (χ1) is 5.95. The minimum Gasteiger partial charge on any atom is -0.303 e. The van der Waals surface area contributed by atoms with Gasteiger partial charge in [-0.3, -0.25) is 0 Å². The van der Waals surface area contributed by atoms with E-state index in [0.29, 0.717) is 5.82 Å². The van der Waals surface area contributed by atoms with Gasteiger partial charge in [0.15, 0.2) is 5.82 Å². The van der Waals surface area contributed by atoms with Crippen LogP contribution in [-0.2, 0) is 10.3 Å². The van der Waals surface area contributed by atoms with Crippen LogP contribution in [0.5, 0.6) is 0 Å². The number of tetrazole rings is 1. The molecule has 0 aliphatic heterocycles. The summed E-state index contributed by atoms with van der Waals surface area (Å²) in [5.41, 5.74) is -0.187. The van der Waals surface area contributed by atoms with Gasteiger partial charge in [-0.05, 0) is 32.9 Å². The van der Waals surface area contributed by atoms with E-state index in [1.807, 2.05) is 20.8 Å². The molecule has 0 aliphatic carbocycles. The van der Waals surface area contributed by atoms with Crippen molar-refractivity contribution >= 4 is 6.29 Å². The Labute approximate surface area is 77.1 Å². The minimum absolute atomic E-state index is 0.187. The number of carbonyl (C=O) groups is 1. The highest BCUT2D eigenvalue weighted by atomic mass is 16.1. The van der Waals surface area contributed by atoms with E-state index in [9.17, 15) is 4.79 Å². The lowest BCUT2D eigenvalue weighted by Crippen LogP contribution is -2.24. The van der Waals surface area contributed by atoms with Crippen LogP contribution < -0.4 is 0 Å². The summed E-state index contributed by atoms with van der Waals surface area (Å²) in [6, 6.07) is 0. The molecule has 0 bridgehead atoms. The van der Waals surface area contributed by atoms with Crippen molar-refractivity contribution in [3.05, 3.63) is 5.82 Å². The third-order valence-corrected chi connectivity index (χ3v) is 1.64. The average molecular weight is 182 g/mol. The van der Waals surface area contributed by atoms with Gasteiger partial charge < -0.3 is 4.79 Å². The molecule has 1 atom stereocenters. The van der Waals surface area contributed by atoms with Crippen LogP contribution in [-0.4, -0.2) is 26.5 Å². The van der Waals surface area contributed by atoms with Gasteiger partial charge in [0, 0.05) is 0 Å². The van der Waals surface area contributed by atoms with Crippen LogP contribution in [0.1, 0.15) is 39.4 Å². The highest BCUT2D eigenvalue weighted by Gasteiger charge is 2.18. The molecule has 1 heterocycles. The van der Waals surface area contributed by atoms with E-state index in [4.69, 9.17) is 0 Å². The van der Waals surface area contributed by atoms with E-state index >= 15 is 0 Å². The maximum Gasteiger partial charge on any atom is 0.184 e. The number of hydrogen-bond donors (Lipinski definition) is 0. The topological polar surface area (TPSA) is 60.7 Å². The summed E-state index contributed by atoms with van der Waals surface area (Å²) in [6.45, 7) is 7.68. The molecule has 1 aromatic rings. The first-order valence-electron chi connectivity index (χ1n) is 4.21. The standard InChI is InChI=1S/C8H14N4O/c1-6(5-13)7-9-11-12(10-7)8(2,3)4/h5-6H,1-4H3. The Balaban J connectivity index is 2.93. The molecule has 0 amide bonds. The van der Waals surface area contributed by atoms with Crippen LogP contribution in [0.4, 0.5) is 0 Å². The van der Waals surface area contributed by atoms with Crippen molar-refractivity contribution in [3.63, 3.8) is 0 Å². The van der Waals surface area contributed by atoms with Gasteiger partial charge in [-0.1, -0.05) is 0 Å². The molecule has 1 rings (SSSR count). The Hall–Kier alpha value is -1.26. The maximum atomic E-state index is 10.4. The zero-order valence-corrected chi connectivity index (χ0v) is 8.35. The maximum absolute atomic E-state index is 10.4. The zero-order valence-electron chi connectivity index (χ0n) is 8.35. The summed E-state index contributed by atoms with van der Waals surface area (Å²) >= 11 is 0. The Morgan fingerprint density at radius 3 is 2.46 bits per heavy atom. The second-order valence-electron chi connectivity index (χ2n) is 4.03. The number of hydrogen-bond acceptors (Lipinski definition) is 4. The molecule has 72 valence electrons. The fourth-order valence-corrected chi connectivity index (χ4v) is 0.752. The number of aldehydes is 1. The largest absolute Gasteiger partial charge is 0.303 e. The average Bonchev–Trinajstić information content (AvgIpc) is 2.50. The quantitative estimate of drug-likeness (QED) is 0.632. The van der Waals surface area contributed by atoms with E-state index in [1.165, 1.54) is 4.80 Å². The third-order valence-electron chi connectivity index (χ3n) is 1.64. The number of rotatable bonds is 2. The molecule has 0 saturated carbocycles. The normalized spacial score (nSPS) is 14.2. The molecule has 0 saturated heterocycles. The van der Waals surface area contributed by atoms with Gasteiger partial charge in [0.05, 0.1) is 11.5 Å². The van der Waals surface area contributed by atoms with Crippen LogP contribution in [0.3, 0.4) is 0 Å². The fourth-order valence-electron chi connectivity index (χ4n) is 0.752. The molecule has 1 aromatic heterocycles. The van der Waals surface area contributed by atoms with Gasteiger partial charge in [0.1, 0.15) is 6.29 Å². The summed E-state index contributed by atoms with van der Waals surface area (Å²) in [6.07, 6.45) is 0.810. The van der Waals surface area contributed by atoms with Crippen molar-refractivity contribution in [3.8, 4) is 0 Å². The Morgan fingerprint density at radius 1 is 1.46 bits per heavy atom. The Bertz CT molecular complexity index is 299. The molecule has 13 heavy (non-hydrogen) atoms. The third kappa shape index (κ3) is 2.11. The van der Waals surface area contributed by atoms with Crippen LogP contribution in [0.15, 0.2) is 0 Å². The molecule has 0 aliphatic rings. The summed E-state index contributed by atoms with van der Waals surface area (Å²) < 4.78 is 0. The zero-order chi connectivity index (χ0) is 10.1.